The number of ketones is 1. The molecule has 10 nitrogen and oxygen atoms in total. The number of carbonyl (C=O) groups is 3. The monoisotopic (exact) mass is 770 g/mol. The molecule has 0 amide bonds. The fourth-order valence-corrected chi connectivity index (χ4v) is 6.00. The molecule has 0 fully saturated rings. The minimum atomic E-state index is -4.65. The van der Waals surface area contributed by atoms with Crippen LogP contribution in [0.5, 0.6) is 0 Å². The lowest BCUT2D eigenvalue weighted by molar-refractivity contribution is -0.870. The largest absolute Gasteiger partial charge is 0.756 e. The highest BCUT2D eigenvalue weighted by Crippen LogP contribution is 2.38. The molecule has 0 rings (SSSR count). The van der Waals surface area contributed by atoms with Crippen LogP contribution >= 0.6 is 7.82 Å². The van der Waals surface area contributed by atoms with Gasteiger partial charge >= 0.3 is 11.9 Å². The number of hydrogen-bond donors (Lipinski definition) is 0. The molecule has 0 saturated heterocycles. The summed E-state index contributed by atoms with van der Waals surface area (Å²) in [7, 11) is 1.08. The van der Waals surface area contributed by atoms with E-state index in [2.05, 4.69) is 32.1 Å². The number of esters is 2. The third kappa shape index (κ3) is 38.0. The summed E-state index contributed by atoms with van der Waals surface area (Å²) in [6, 6.07) is 0. The number of rotatable bonds is 37. The Morgan fingerprint density at radius 3 is 1.75 bits per heavy atom. The van der Waals surface area contributed by atoms with E-state index in [1.165, 1.54) is 44.9 Å². The number of phosphoric ester groups is 1. The number of carbonyl (C=O) groups excluding carboxylic acids is 3. The van der Waals surface area contributed by atoms with E-state index >= 15 is 0 Å². The maximum absolute atomic E-state index is 12.6. The fraction of sp³-hybridized carbons (Fsp3) is 0.786. The Hall–Kier alpha value is -2.10. The first-order chi connectivity index (χ1) is 25.4. The number of nitrogens with zero attached hydrogens (tertiary/aromatic N) is 1. The second kappa shape index (κ2) is 34.4. The van der Waals surface area contributed by atoms with Crippen molar-refractivity contribution in [1.82, 2.24) is 0 Å². The first-order valence-corrected chi connectivity index (χ1v) is 22.1. The Bertz CT molecular complexity index is 1070. The van der Waals surface area contributed by atoms with Crippen LogP contribution in [0.1, 0.15) is 162 Å². The van der Waals surface area contributed by atoms with E-state index in [1.807, 2.05) is 33.3 Å². The lowest BCUT2D eigenvalue weighted by Crippen LogP contribution is -2.37. The maximum Gasteiger partial charge on any atom is 0.306 e. The molecule has 1 unspecified atom stereocenters. The molecule has 2 atom stereocenters. The minimum absolute atomic E-state index is 0.0546. The highest BCUT2D eigenvalue weighted by atomic mass is 31.2. The smallest absolute Gasteiger partial charge is 0.306 e. The second-order valence-corrected chi connectivity index (χ2v) is 16.4. The molecule has 308 valence electrons. The molecule has 0 bridgehead atoms. The lowest BCUT2D eigenvalue weighted by Gasteiger charge is -2.28. The molecule has 0 aromatic carbocycles. The van der Waals surface area contributed by atoms with Crippen LogP contribution in [-0.2, 0) is 37.5 Å². The third-order valence-corrected chi connectivity index (χ3v) is 9.57. The topological polar surface area (TPSA) is 128 Å². The van der Waals surface area contributed by atoms with Crippen LogP contribution in [0, 0.1) is 0 Å². The quantitative estimate of drug-likeness (QED) is 0.0115. The number of allylic oxidation sites excluding steroid dienone is 6. The van der Waals surface area contributed by atoms with E-state index in [0.29, 0.717) is 30.3 Å². The van der Waals surface area contributed by atoms with Crippen LogP contribution in [0.3, 0.4) is 0 Å². The van der Waals surface area contributed by atoms with Gasteiger partial charge < -0.3 is 27.9 Å². The molecule has 0 radical (unpaired) electrons. The summed E-state index contributed by atoms with van der Waals surface area (Å²) in [6.45, 7) is 3.99. The summed E-state index contributed by atoms with van der Waals surface area (Å²) in [4.78, 5) is 49.5. The van der Waals surface area contributed by atoms with Crippen LogP contribution in [0.25, 0.3) is 0 Å². The van der Waals surface area contributed by atoms with Crippen LogP contribution in [0.2, 0.25) is 0 Å². The average molecular weight is 770 g/mol. The molecule has 0 aliphatic carbocycles. The standard InChI is InChI=1S/C42H76NO9P/c1-6-8-10-12-14-15-16-17-18-19-21-25-29-33-41(45)49-37-40(38-51-53(47,48)50-36-35-43(3,4)5)52-42(46)34-30-26-22-24-28-32-39(44)31-27-23-20-13-11-9-7-2/h15-16,20,23,27,31,40H,6-14,17-19,21-22,24-26,28-30,32-38H2,1-5H3/b16-15-,23-20-,31-27+/t40-/m1/s1. The van der Waals surface area contributed by atoms with Crippen molar-refractivity contribution in [2.24, 2.45) is 0 Å². The van der Waals surface area contributed by atoms with Crippen molar-refractivity contribution >= 4 is 25.5 Å². The van der Waals surface area contributed by atoms with E-state index in [9.17, 15) is 23.8 Å². The van der Waals surface area contributed by atoms with E-state index in [4.69, 9.17) is 18.5 Å². The summed E-state index contributed by atoms with van der Waals surface area (Å²) in [5.74, 6) is -0.825. The molecule has 0 aromatic heterocycles. The van der Waals surface area contributed by atoms with Crippen LogP contribution in [-0.4, -0.2) is 75.8 Å². The molecule has 0 N–H and O–H groups in total. The van der Waals surface area contributed by atoms with Crippen molar-refractivity contribution in [3.63, 3.8) is 0 Å². The van der Waals surface area contributed by atoms with Crippen molar-refractivity contribution in [2.75, 3.05) is 47.5 Å². The van der Waals surface area contributed by atoms with Gasteiger partial charge in [0.2, 0.25) is 0 Å². The SMILES string of the molecule is CCCCC/C=C\C=C\C(=O)CCCCCCCC(=O)O[C@H](COC(=O)CCCCCCC/C=C\CCCCCC)COP(=O)([O-])OCC[N+](C)(C)C. The van der Waals surface area contributed by atoms with Crippen molar-refractivity contribution < 1.29 is 46.8 Å². The Morgan fingerprint density at radius 1 is 0.623 bits per heavy atom. The first kappa shape index (κ1) is 50.9. The Kier molecular flexibility index (Phi) is 33.0. The molecule has 0 heterocycles. The zero-order chi connectivity index (χ0) is 39.5. The lowest BCUT2D eigenvalue weighted by atomic mass is 10.1. The van der Waals surface area contributed by atoms with Gasteiger partial charge in [0.25, 0.3) is 7.82 Å². The van der Waals surface area contributed by atoms with Crippen molar-refractivity contribution in [3.8, 4) is 0 Å². The van der Waals surface area contributed by atoms with E-state index < -0.39 is 32.5 Å². The van der Waals surface area contributed by atoms with Gasteiger partial charge in [-0.15, -0.1) is 0 Å². The second-order valence-electron chi connectivity index (χ2n) is 15.0. The van der Waals surface area contributed by atoms with Gasteiger partial charge in [-0.25, -0.2) is 0 Å². The Labute approximate surface area is 323 Å². The van der Waals surface area contributed by atoms with Gasteiger partial charge in [0.05, 0.1) is 27.7 Å². The molecule has 0 spiro atoms. The van der Waals surface area contributed by atoms with Crippen molar-refractivity contribution in [2.45, 2.75) is 168 Å². The van der Waals surface area contributed by atoms with E-state index in [1.54, 1.807) is 6.08 Å². The highest BCUT2D eigenvalue weighted by Gasteiger charge is 2.21. The van der Waals surface area contributed by atoms with Gasteiger partial charge in [0, 0.05) is 19.3 Å². The predicted octanol–water partition coefficient (Wildman–Crippen LogP) is 9.90. The van der Waals surface area contributed by atoms with Crippen LogP contribution in [0.4, 0.5) is 0 Å². The summed E-state index contributed by atoms with van der Waals surface area (Å²) in [6.07, 6.45) is 32.7. The number of quaternary nitrogens is 1. The molecule has 0 aliphatic heterocycles. The predicted molar refractivity (Wildman–Crippen MR) is 213 cm³/mol. The summed E-state index contributed by atoms with van der Waals surface area (Å²) < 4.78 is 33.7. The van der Waals surface area contributed by atoms with E-state index in [0.717, 1.165) is 70.6 Å². The van der Waals surface area contributed by atoms with Gasteiger partial charge in [-0.1, -0.05) is 115 Å². The minimum Gasteiger partial charge on any atom is -0.756 e. The average Bonchev–Trinajstić information content (AvgIpc) is 3.10. The molecule has 0 saturated carbocycles. The van der Waals surface area contributed by atoms with Crippen LogP contribution < -0.4 is 4.89 Å². The van der Waals surface area contributed by atoms with Gasteiger partial charge in [-0.2, -0.15) is 0 Å². The van der Waals surface area contributed by atoms with Crippen molar-refractivity contribution in [3.05, 3.63) is 36.5 Å². The number of ether oxygens (including phenoxy) is 2. The molecular formula is C42H76NO9P. The normalized spacial score (nSPS) is 13.9. The summed E-state index contributed by atoms with van der Waals surface area (Å²) >= 11 is 0. The van der Waals surface area contributed by atoms with Crippen molar-refractivity contribution in [1.29, 1.82) is 0 Å². The Morgan fingerprint density at radius 2 is 1.13 bits per heavy atom. The van der Waals surface area contributed by atoms with Crippen LogP contribution in [0.15, 0.2) is 36.5 Å². The summed E-state index contributed by atoms with van der Waals surface area (Å²) in [5.41, 5.74) is 0. The van der Waals surface area contributed by atoms with Gasteiger partial charge in [0.1, 0.15) is 19.8 Å². The third-order valence-electron chi connectivity index (χ3n) is 8.61. The van der Waals surface area contributed by atoms with Gasteiger partial charge in [-0.05, 0) is 63.9 Å². The van der Waals surface area contributed by atoms with Gasteiger partial charge in [0.15, 0.2) is 11.9 Å². The molecular weight excluding hydrogens is 693 g/mol. The zero-order valence-corrected chi connectivity index (χ0v) is 35.1. The van der Waals surface area contributed by atoms with E-state index in [-0.39, 0.29) is 31.8 Å². The molecule has 0 aromatic rings. The number of phosphoric acid groups is 1. The number of hydrogen-bond acceptors (Lipinski definition) is 9. The first-order valence-electron chi connectivity index (χ1n) is 20.6. The summed E-state index contributed by atoms with van der Waals surface area (Å²) in [5, 5.41) is 0. The number of unbranched alkanes of at least 4 members (excludes halogenated alkanes) is 16. The van der Waals surface area contributed by atoms with Gasteiger partial charge in [-0.3, -0.25) is 18.9 Å². The molecule has 0 aliphatic rings. The fourth-order valence-electron chi connectivity index (χ4n) is 5.28. The molecule has 11 heteroatoms. The molecule has 53 heavy (non-hydrogen) atoms. The number of likely N-dealkylation sites (N-methyl/N-ethyl adjacent to an activating group) is 1. The Balaban J connectivity index is 4.51. The highest BCUT2D eigenvalue weighted by molar-refractivity contribution is 7.45. The zero-order valence-electron chi connectivity index (χ0n) is 34.2. The maximum atomic E-state index is 12.6.